The van der Waals surface area contributed by atoms with Gasteiger partial charge in [-0.05, 0) is 26.2 Å². The molecule has 6 nitrogen and oxygen atoms in total. The normalized spacial score (nSPS) is 21.7. The van der Waals surface area contributed by atoms with Crippen LogP contribution < -0.4 is 0 Å². The number of rotatable bonds is 5. The van der Waals surface area contributed by atoms with Gasteiger partial charge < -0.3 is 0 Å². The van der Waals surface area contributed by atoms with Crippen LogP contribution in [-0.4, -0.2) is 41.3 Å². The summed E-state index contributed by atoms with van der Waals surface area (Å²) in [6.45, 7) is 5.12. The van der Waals surface area contributed by atoms with Crippen LogP contribution in [0.2, 0.25) is 0 Å². The number of aryl methyl sites for hydroxylation is 1. The van der Waals surface area contributed by atoms with Crippen LogP contribution in [0.25, 0.3) is 5.65 Å². The second-order valence-corrected chi connectivity index (χ2v) is 8.62. The first-order valence-electron chi connectivity index (χ1n) is 9.76. The van der Waals surface area contributed by atoms with Crippen LogP contribution in [0, 0.1) is 6.92 Å². The second kappa shape index (κ2) is 6.87. The van der Waals surface area contributed by atoms with E-state index >= 15 is 0 Å². The molecule has 0 amide bonds. The molecule has 0 saturated carbocycles. The minimum atomic E-state index is 0.425. The monoisotopic (exact) mass is 380 g/mol. The third-order valence-electron chi connectivity index (χ3n) is 5.65. The highest BCUT2D eigenvalue weighted by molar-refractivity contribution is 7.99. The average Bonchev–Trinajstić information content (AvgIpc) is 3.19. The van der Waals surface area contributed by atoms with Gasteiger partial charge in [0, 0.05) is 66.6 Å². The van der Waals surface area contributed by atoms with Gasteiger partial charge in [0.15, 0.2) is 10.8 Å². The maximum absolute atomic E-state index is 4.68. The summed E-state index contributed by atoms with van der Waals surface area (Å²) >= 11 is 1.73. The van der Waals surface area contributed by atoms with Crippen molar-refractivity contribution in [2.75, 3.05) is 5.75 Å². The van der Waals surface area contributed by atoms with Crippen LogP contribution in [-0.2, 0) is 13.0 Å². The third kappa shape index (κ3) is 3.02. The Kier molecular flexibility index (Phi) is 4.36. The highest BCUT2D eigenvalue weighted by Crippen LogP contribution is 2.44. The summed E-state index contributed by atoms with van der Waals surface area (Å²) in [4.78, 5) is 16.4. The molecule has 1 fully saturated rings. The Bertz CT molecular complexity index is 967. The van der Waals surface area contributed by atoms with Crippen molar-refractivity contribution in [3.05, 3.63) is 47.2 Å². The first-order chi connectivity index (χ1) is 13.2. The number of fused-ring (bicyclic) bond motifs is 6. The highest BCUT2D eigenvalue weighted by atomic mass is 32.2. The van der Waals surface area contributed by atoms with E-state index < -0.39 is 0 Å². The van der Waals surface area contributed by atoms with Crippen molar-refractivity contribution < 1.29 is 0 Å². The van der Waals surface area contributed by atoms with Crippen molar-refractivity contribution in [3.8, 4) is 0 Å². The number of thioether (sulfide) groups is 1. The fraction of sp³-hybridized carbons (Fsp3) is 0.500. The first-order valence-corrected chi connectivity index (χ1v) is 10.7. The molecule has 2 atom stereocenters. The number of nitrogens with zero attached hydrogens (tertiary/aromatic N) is 6. The fourth-order valence-corrected chi connectivity index (χ4v) is 5.09. The lowest BCUT2D eigenvalue weighted by Gasteiger charge is -2.36. The standard InChI is InChI=1S/C20H24N6S/c1-3-6-27-20-22-9-14(10-23-20)12-25-15-4-5-17(25)16-11-21-19-7-13(2)24-26(19)18(16)8-15/h7,9-11,15,17H,3-6,8,12H2,1-2H3/t15-,17+/m0/s1. The highest BCUT2D eigenvalue weighted by Gasteiger charge is 2.41. The molecular formula is C20H24N6S. The lowest BCUT2D eigenvalue weighted by Crippen LogP contribution is -2.38. The maximum atomic E-state index is 4.68. The molecule has 2 aliphatic heterocycles. The topological polar surface area (TPSA) is 59.2 Å². The predicted molar refractivity (Wildman–Crippen MR) is 106 cm³/mol. The van der Waals surface area contributed by atoms with Crippen LogP contribution in [0.3, 0.4) is 0 Å². The van der Waals surface area contributed by atoms with E-state index in [0.717, 1.165) is 41.6 Å². The molecule has 2 aliphatic rings. The lowest BCUT2D eigenvalue weighted by molar-refractivity contribution is 0.164. The largest absolute Gasteiger partial charge is 0.289 e. The number of hydrogen-bond donors (Lipinski definition) is 0. The Morgan fingerprint density at radius 3 is 2.81 bits per heavy atom. The quantitative estimate of drug-likeness (QED) is 0.498. The van der Waals surface area contributed by atoms with Gasteiger partial charge in [-0.3, -0.25) is 4.90 Å². The van der Waals surface area contributed by atoms with E-state index in [1.807, 2.05) is 19.3 Å². The van der Waals surface area contributed by atoms with Gasteiger partial charge in [0.25, 0.3) is 0 Å². The van der Waals surface area contributed by atoms with Crippen molar-refractivity contribution in [1.82, 2.24) is 29.5 Å². The van der Waals surface area contributed by atoms with E-state index in [4.69, 9.17) is 0 Å². The second-order valence-electron chi connectivity index (χ2n) is 7.56. The Labute approximate surface area is 163 Å². The lowest BCUT2D eigenvalue weighted by atomic mass is 9.98. The van der Waals surface area contributed by atoms with Gasteiger partial charge in [-0.15, -0.1) is 0 Å². The van der Waals surface area contributed by atoms with E-state index in [9.17, 15) is 0 Å². The van der Waals surface area contributed by atoms with Gasteiger partial charge in [0.2, 0.25) is 0 Å². The fourth-order valence-electron chi connectivity index (χ4n) is 4.45. The van der Waals surface area contributed by atoms with Crippen molar-refractivity contribution in [2.45, 2.75) is 63.3 Å². The Balaban J connectivity index is 1.40. The van der Waals surface area contributed by atoms with Crippen LogP contribution >= 0.6 is 11.8 Å². The minimum absolute atomic E-state index is 0.425. The molecule has 27 heavy (non-hydrogen) atoms. The van der Waals surface area contributed by atoms with Gasteiger partial charge >= 0.3 is 0 Å². The molecule has 3 aromatic rings. The molecule has 3 aromatic heterocycles. The first kappa shape index (κ1) is 17.1. The SMILES string of the molecule is CCCSc1ncc(CN2[C@H]3CC[C@@H]2c2cnc4cc(C)nn4c2C3)cn1. The van der Waals surface area contributed by atoms with E-state index in [2.05, 4.69) is 48.7 Å². The van der Waals surface area contributed by atoms with Crippen molar-refractivity contribution >= 4 is 17.4 Å². The van der Waals surface area contributed by atoms with E-state index in [1.165, 1.54) is 29.7 Å². The van der Waals surface area contributed by atoms with Gasteiger partial charge in [-0.2, -0.15) is 5.10 Å². The summed E-state index contributed by atoms with van der Waals surface area (Å²) in [5, 5.41) is 5.56. The molecule has 0 aliphatic carbocycles. The van der Waals surface area contributed by atoms with Crippen LogP contribution in [0.15, 0.2) is 29.8 Å². The van der Waals surface area contributed by atoms with E-state index in [1.54, 1.807) is 11.8 Å². The molecular weight excluding hydrogens is 356 g/mol. The third-order valence-corrected chi connectivity index (χ3v) is 6.73. The van der Waals surface area contributed by atoms with Crippen LogP contribution in [0.4, 0.5) is 0 Å². The minimum Gasteiger partial charge on any atom is -0.289 e. The number of aromatic nitrogens is 5. The summed E-state index contributed by atoms with van der Waals surface area (Å²) in [5.74, 6) is 1.07. The smallest absolute Gasteiger partial charge is 0.187 e. The maximum Gasteiger partial charge on any atom is 0.187 e. The zero-order chi connectivity index (χ0) is 18.4. The molecule has 2 bridgehead atoms. The number of hydrogen-bond acceptors (Lipinski definition) is 6. The molecule has 5 rings (SSSR count). The summed E-state index contributed by atoms with van der Waals surface area (Å²) in [5.41, 5.74) is 5.88. The predicted octanol–water partition coefficient (Wildman–Crippen LogP) is 3.59. The summed E-state index contributed by atoms with van der Waals surface area (Å²) in [6, 6.07) is 3.05. The van der Waals surface area contributed by atoms with Gasteiger partial charge in [-0.25, -0.2) is 19.5 Å². The molecule has 0 N–H and O–H groups in total. The van der Waals surface area contributed by atoms with Gasteiger partial charge in [0.1, 0.15) is 0 Å². The zero-order valence-electron chi connectivity index (χ0n) is 15.8. The summed E-state index contributed by atoms with van der Waals surface area (Å²) < 4.78 is 2.07. The Morgan fingerprint density at radius 1 is 1.15 bits per heavy atom. The average molecular weight is 381 g/mol. The zero-order valence-corrected chi connectivity index (χ0v) is 16.6. The molecule has 0 unspecified atom stereocenters. The molecule has 7 heteroatoms. The molecule has 0 aromatic carbocycles. The van der Waals surface area contributed by atoms with Crippen molar-refractivity contribution in [2.24, 2.45) is 0 Å². The van der Waals surface area contributed by atoms with Gasteiger partial charge in [0.05, 0.1) is 11.4 Å². The van der Waals surface area contributed by atoms with E-state index in [0.29, 0.717) is 12.1 Å². The van der Waals surface area contributed by atoms with Gasteiger partial charge in [-0.1, -0.05) is 18.7 Å². The summed E-state index contributed by atoms with van der Waals surface area (Å²) in [6.07, 6.45) is 10.7. The molecule has 5 heterocycles. The van der Waals surface area contributed by atoms with E-state index in [-0.39, 0.29) is 0 Å². The van der Waals surface area contributed by atoms with Crippen molar-refractivity contribution in [3.63, 3.8) is 0 Å². The van der Waals surface area contributed by atoms with Crippen LogP contribution in [0.5, 0.6) is 0 Å². The molecule has 0 spiro atoms. The Morgan fingerprint density at radius 2 is 2.00 bits per heavy atom. The molecule has 1 saturated heterocycles. The Hall–Kier alpha value is -1.99. The summed E-state index contributed by atoms with van der Waals surface area (Å²) in [7, 11) is 0. The van der Waals surface area contributed by atoms with Crippen LogP contribution in [0.1, 0.15) is 54.7 Å². The van der Waals surface area contributed by atoms with Crippen molar-refractivity contribution in [1.29, 1.82) is 0 Å². The molecule has 0 radical (unpaired) electrons. The molecule has 140 valence electrons.